The normalized spacial score (nSPS) is 17.5. The van der Waals surface area contributed by atoms with Gasteiger partial charge in [-0.15, -0.1) is 0 Å². The monoisotopic (exact) mass is 309 g/mol. The van der Waals surface area contributed by atoms with Crippen molar-refractivity contribution >= 4 is 11.4 Å². The Hall–Kier alpha value is -3.01. The number of benzene rings is 1. The minimum Gasteiger partial charge on any atom is -0.370 e. The van der Waals surface area contributed by atoms with Gasteiger partial charge < -0.3 is 4.90 Å². The first-order valence-corrected chi connectivity index (χ1v) is 7.38. The zero-order valence-electron chi connectivity index (χ0n) is 12.4. The largest absolute Gasteiger partial charge is 0.370 e. The lowest BCUT2D eigenvalue weighted by atomic mass is 9.93. The number of hydrogen-bond donors (Lipinski definition) is 0. The molecule has 1 fully saturated rings. The molecule has 7 nitrogen and oxygen atoms in total. The van der Waals surface area contributed by atoms with Gasteiger partial charge in [0.05, 0.1) is 16.2 Å². The maximum absolute atomic E-state index is 10.9. The Morgan fingerprint density at radius 3 is 2.96 bits per heavy atom. The first kappa shape index (κ1) is 14.9. The topological polar surface area (TPSA) is 95.9 Å². The maximum Gasteiger partial charge on any atom is 0.270 e. The van der Waals surface area contributed by atoms with Crippen LogP contribution in [0.25, 0.3) is 0 Å². The number of rotatable bonds is 3. The van der Waals surface area contributed by atoms with Gasteiger partial charge in [-0.05, 0) is 25.0 Å². The van der Waals surface area contributed by atoms with Gasteiger partial charge in [0.25, 0.3) is 5.69 Å². The molecule has 7 heteroatoms. The van der Waals surface area contributed by atoms with Crippen molar-refractivity contribution in [3.05, 3.63) is 58.2 Å². The van der Waals surface area contributed by atoms with E-state index in [1.54, 1.807) is 18.6 Å². The molecule has 0 amide bonds. The first-order valence-electron chi connectivity index (χ1n) is 7.38. The Labute approximate surface area is 133 Å². The molecule has 1 saturated heterocycles. The van der Waals surface area contributed by atoms with Crippen molar-refractivity contribution in [2.24, 2.45) is 0 Å². The molecule has 116 valence electrons. The molecule has 3 rings (SSSR count). The minimum atomic E-state index is -0.482. The van der Waals surface area contributed by atoms with Crippen molar-refractivity contribution in [3.8, 4) is 6.07 Å². The number of nitro groups is 1. The van der Waals surface area contributed by atoms with Crippen molar-refractivity contribution < 1.29 is 4.92 Å². The number of piperidine rings is 1. The summed E-state index contributed by atoms with van der Waals surface area (Å²) in [6.07, 6.45) is 5.29. The fraction of sp³-hybridized carbons (Fsp3) is 0.312. The Balaban J connectivity index is 1.87. The summed E-state index contributed by atoms with van der Waals surface area (Å²) in [6, 6.07) is 8.43. The van der Waals surface area contributed by atoms with Gasteiger partial charge in [-0.1, -0.05) is 0 Å². The molecule has 0 aliphatic carbocycles. The van der Waals surface area contributed by atoms with E-state index in [9.17, 15) is 15.4 Å². The highest BCUT2D eigenvalue weighted by Gasteiger charge is 2.24. The Morgan fingerprint density at radius 2 is 2.26 bits per heavy atom. The van der Waals surface area contributed by atoms with E-state index in [0.29, 0.717) is 5.56 Å². The lowest BCUT2D eigenvalue weighted by molar-refractivity contribution is -0.384. The van der Waals surface area contributed by atoms with Gasteiger partial charge >= 0.3 is 0 Å². The van der Waals surface area contributed by atoms with Crippen LogP contribution in [0.15, 0.2) is 36.8 Å². The van der Waals surface area contributed by atoms with Gasteiger partial charge in [0.2, 0.25) is 0 Å². The molecule has 2 aromatic rings. The Bertz CT molecular complexity index is 757. The van der Waals surface area contributed by atoms with Crippen LogP contribution in [0.3, 0.4) is 0 Å². The molecule has 0 radical (unpaired) electrons. The van der Waals surface area contributed by atoms with Crippen LogP contribution in [0, 0.1) is 21.4 Å². The molecule has 23 heavy (non-hydrogen) atoms. The number of hydrogen-bond acceptors (Lipinski definition) is 6. The summed E-state index contributed by atoms with van der Waals surface area (Å²) in [4.78, 5) is 20.7. The zero-order valence-corrected chi connectivity index (χ0v) is 12.4. The fourth-order valence-electron chi connectivity index (χ4n) is 2.98. The molecule has 0 unspecified atom stereocenters. The van der Waals surface area contributed by atoms with Gasteiger partial charge in [-0.3, -0.25) is 10.1 Å². The molecule has 1 aliphatic rings. The van der Waals surface area contributed by atoms with Crippen molar-refractivity contribution in [1.29, 1.82) is 5.26 Å². The highest BCUT2D eigenvalue weighted by atomic mass is 16.6. The van der Waals surface area contributed by atoms with E-state index in [4.69, 9.17) is 0 Å². The van der Waals surface area contributed by atoms with E-state index in [1.165, 1.54) is 12.1 Å². The van der Waals surface area contributed by atoms with Crippen LogP contribution in [-0.4, -0.2) is 28.0 Å². The predicted octanol–water partition coefficient (Wildman–Crippen LogP) is 2.64. The molecule has 1 aromatic heterocycles. The predicted molar refractivity (Wildman–Crippen MR) is 84.0 cm³/mol. The summed E-state index contributed by atoms with van der Waals surface area (Å²) in [5.74, 6) is 0.272. The first-order chi connectivity index (χ1) is 11.2. The Kier molecular flexibility index (Phi) is 4.15. The van der Waals surface area contributed by atoms with Gasteiger partial charge in [0.15, 0.2) is 0 Å². The lowest BCUT2D eigenvalue weighted by Crippen LogP contribution is -2.35. The summed E-state index contributed by atoms with van der Waals surface area (Å²) >= 11 is 0. The van der Waals surface area contributed by atoms with Crippen LogP contribution in [0.5, 0.6) is 0 Å². The zero-order chi connectivity index (χ0) is 16.2. The molecule has 0 bridgehead atoms. The summed E-state index contributed by atoms with van der Waals surface area (Å²) in [6.45, 7) is 1.57. The van der Waals surface area contributed by atoms with Crippen molar-refractivity contribution in [2.75, 3.05) is 18.0 Å². The summed E-state index contributed by atoms with van der Waals surface area (Å²) in [7, 11) is 0. The summed E-state index contributed by atoms with van der Waals surface area (Å²) in [5.41, 5.74) is 2.01. The van der Waals surface area contributed by atoms with Crippen LogP contribution in [0.1, 0.15) is 30.0 Å². The smallest absolute Gasteiger partial charge is 0.270 e. The third-order valence-corrected chi connectivity index (χ3v) is 4.10. The van der Waals surface area contributed by atoms with E-state index in [-0.39, 0.29) is 11.6 Å². The quantitative estimate of drug-likeness (QED) is 0.638. The Morgan fingerprint density at radius 1 is 1.39 bits per heavy atom. The SMILES string of the molecule is N#Cc1cc([N+](=O)[O-])ccc1N1CCC[C@@H](c2ccncn2)C1. The molecular weight excluding hydrogens is 294 g/mol. The third-order valence-electron chi connectivity index (χ3n) is 4.10. The number of non-ortho nitro benzene ring substituents is 1. The van der Waals surface area contributed by atoms with Gasteiger partial charge in [0.1, 0.15) is 12.4 Å². The number of nitrogens with zero attached hydrogens (tertiary/aromatic N) is 5. The number of nitriles is 1. The molecule has 0 saturated carbocycles. The minimum absolute atomic E-state index is 0.0605. The van der Waals surface area contributed by atoms with Crippen LogP contribution in [0.2, 0.25) is 0 Å². The number of anilines is 1. The molecule has 1 atom stereocenters. The van der Waals surface area contributed by atoms with Crippen LogP contribution in [0.4, 0.5) is 11.4 Å². The highest BCUT2D eigenvalue weighted by molar-refractivity contribution is 5.63. The average Bonchev–Trinajstić information content (AvgIpc) is 2.62. The van der Waals surface area contributed by atoms with E-state index >= 15 is 0 Å². The van der Waals surface area contributed by atoms with Crippen molar-refractivity contribution in [2.45, 2.75) is 18.8 Å². The van der Waals surface area contributed by atoms with Crippen LogP contribution >= 0.6 is 0 Å². The molecule has 1 aromatic carbocycles. The van der Waals surface area contributed by atoms with Crippen molar-refractivity contribution in [1.82, 2.24) is 9.97 Å². The highest BCUT2D eigenvalue weighted by Crippen LogP contribution is 2.32. The standard InChI is InChI=1S/C16H15N5O2/c17-9-13-8-14(21(22)23)3-4-16(13)20-7-1-2-12(10-20)15-5-6-18-11-19-15/h3-6,8,11-12H,1-2,7,10H2/t12-/m1/s1. The van der Waals surface area contributed by atoms with E-state index in [2.05, 4.69) is 20.9 Å². The molecule has 0 spiro atoms. The van der Waals surface area contributed by atoms with Gasteiger partial charge in [-0.25, -0.2) is 9.97 Å². The summed E-state index contributed by atoms with van der Waals surface area (Å²) < 4.78 is 0. The van der Waals surface area contributed by atoms with Crippen LogP contribution < -0.4 is 4.90 Å². The van der Waals surface area contributed by atoms with Gasteiger partial charge in [0, 0.05) is 43.0 Å². The molecule has 0 N–H and O–H groups in total. The van der Waals surface area contributed by atoms with E-state index in [1.807, 2.05) is 6.07 Å². The van der Waals surface area contributed by atoms with E-state index < -0.39 is 4.92 Å². The molecule has 2 heterocycles. The second kappa shape index (κ2) is 6.40. The van der Waals surface area contributed by atoms with Gasteiger partial charge in [-0.2, -0.15) is 5.26 Å². The average molecular weight is 309 g/mol. The van der Waals surface area contributed by atoms with E-state index in [0.717, 1.165) is 37.3 Å². The number of nitro benzene ring substituents is 1. The van der Waals surface area contributed by atoms with Crippen LogP contribution in [-0.2, 0) is 0 Å². The molecule has 1 aliphatic heterocycles. The fourth-order valence-corrected chi connectivity index (χ4v) is 2.98. The summed E-state index contributed by atoms with van der Waals surface area (Å²) in [5, 5.41) is 20.2. The second-order valence-electron chi connectivity index (χ2n) is 5.49. The lowest BCUT2D eigenvalue weighted by Gasteiger charge is -2.34. The maximum atomic E-state index is 10.9. The number of aromatic nitrogens is 2. The third kappa shape index (κ3) is 3.11. The second-order valence-corrected chi connectivity index (χ2v) is 5.49. The van der Waals surface area contributed by atoms with Crippen molar-refractivity contribution in [3.63, 3.8) is 0 Å². The molecular formula is C16H15N5O2.